The van der Waals surface area contributed by atoms with Gasteiger partial charge in [0.25, 0.3) is 0 Å². The predicted molar refractivity (Wildman–Crippen MR) is 454 cm³/mol. The summed E-state index contributed by atoms with van der Waals surface area (Å²) in [5.41, 5.74) is -3.60. The molecule has 746 valence electrons. The quantitative estimate of drug-likeness (QED) is 0.00767. The molecular weight excluding hydrogens is 2090 g/mol. The van der Waals surface area contributed by atoms with Crippen molar-refractivity contribution in [3.05, 3.63) is 182 Å². The van der Waals surface area contributed by atoms with Gasteiger partial charge in [0.1, 0.15) is 88.1 Å². The maximum absolute atomic E-state index is 13.4. The summed E-state index contributed by atoms with van der Waals surface area (Å²) in [6, 6.07) is 64.3. The molecule has 4 N–H and O–H groups in total. The smallest absolute Gasteiger partial charge is 0.870 e. The monoisotopic (exact) mass is 2170 g/mol. The van der Waals surface area contributed by atoms with Gasteiger partial charge in [-0.1, -0.05) is 109 Å². The average Bonchev–Trinajstić information content (AvgIpc) is 0.758. The van der Waals surface area contributed by atoms with Gasteiger partial charge in [-0.15, -0.1) is 16.7 Å². The fraction of sp³-hybridized carbons (Fsp3) is 0.483. The summed E-state index contributed by atoms with van der Waals surface area (Å²) in [6.07, 6.45) is 11.9. The van der Waals surface area contributed by atoms with Crippen LogP contribution in [0.4, 0.5) is 48.4 Å². The SMILES string of the molecule is COC(=O)C(F)(F)SOOF.Cl.O=C(O)C(F)(F)SOO[O-].O=C1C2CC3CC1CC(O)(C3)C2.O=C1C2CC3CC1CC(OC(=O)C(F)(F)S(=O)(=O)O)(C3)C2.O=C1C2CC3CC1CC(OC(=O)C(F)(F)SOO[O-])(C3)C2.O=C1C2CC3CC1CC(OC(=O)C(F)(F)SOO[O-])(C3)C2.[Na+].[Na+].[Na+].[Na+].[OH-].c1ccc([S+](c2ccccc2)c2ccccc2)cc1.c1ccc([S+](c2ccccc2)c2ccccc2)cc1. The van der Waals surface area contributed by atoms with Gasteiger partial charge in [-0.05, 0) is 235 Å². The zero-order valence-electron chi connectivity index (χ0n) is 75.2. The molecule has 6 aromatic rings. The third kappa shape index (κ3) is 33.2. The van der Waals surface area contributed by atoms with Crippen LogP contribution in [0.25, 0.3) is 0 Å². The van der Waals surface area contributed by atoms with Crippen molar-refractivity contribution in [1.82, 2.24) is 0 Å². The molecule has 16 aliphatic rings. The van der Waals surface area contributed by atoms with Crippen molar-refractivity contribution < 1.29 is 311 Å². The molecule has 8 unspecified atom stereocenters. The summed E-state index contributed by atoms with van der Waals surface area (Å²) in [5, 5.41) is 35.1. The second kappa shape index (κ2) is 55.7. The van der Waals surface area contributed by atoms with Crippen molar-refractivity contribution >= 4 is 145 Å². The number of methoxy groups -OCH3 is 1. The number of carbonyl (C=O) groups excluding carboxylic acids is 8. The van der Waals surface area contributed by atoms with E-state index in [-0.39, 0.29) is 253 Å². The average molecular weight is 2180 g/mol. The molecule has 16 aliphatic carbocycles. The van der Waals surface area contributed by atoms with Gasteiger partial charge in [0.2, 0.25) is 0 Å². The molecule has 22 rings (SSSR count). The molecule has 0 saturated heterocycles. The molecule has 140 heavy (non-hydrogen) atoms. The van der Waals surface area contributed by atoms with Crippen LogP contribution in [-0.2, 0) is 132 Å². The van der Waals surface area contributed by atoms with Gasteiger partial charge < -0.3 is 50.4 Å². The molecular formula is C87H90ClF11Na4O30S7+2. The van der Waals surface area contributed by atoms with Crippen molar-refractivity contribution in [3.63, 3.8) is 0 Å². The first-order valence-electron chi connectivity index (χ1n) is 41.5. The summed E-state index contributed by atoms with van der Waals surface area (Å²) in [7, 11) is -5.14. The summed E-state index contributed by atoms with van der Waals surface area (Å²) < 4.78 is 200. The number of ketones is 4. The van der Waals surface area contributed by atoms with Gasteiger partial charge in [0.15, 0.2) is 29.4 Å². The fourth-order valence-electron chi connectivity index (χ4n) is 20.6. The second-order valence-corrected chi connectivity index (χ2v) is 42.9. The largest absolute Gasteiger partial charge is 1.00 e. The molecule has 8 atom stereocenters. The van der Waals surface area contributed by atoms with Gasteiger partial charge in [-0.3, -0.25) is 38.8 Å². The molecule has 53 heteroatoms. The van der Waals surface area contributed by atoms with Gasteiger partial charge >= 0.3 is 184 Å². The molecule has 6 aromatic carbocycles. The molecule has 30 nitrogen and oxygen atoms in total. The normalized spacial score (nSPS) is 26.6. The molecule has 0 heterocycles. The van der Waals surface area contributed by atoms with Gasteiger partial charge in [-0.25, -0.2) is 24.0 Å². The van der Waals surface area contributed by atoms with Crippen molar-refractivity contribution in [2.75, 3.05) is 7.11 Å². The molecule has 0 spiro atoms. The van der Waals surface area contributed by atoms with E-state index in [0.29, 0.717) is 69.5 Å². The number of rotatable bonds is 27. The second-order valence-electron chi connectivity index (χ2n) is 34.1. The van der Waals surface area contributed by atoms with E-state index in [1.165, 1.54) is 29.4 Å². The van der Waals surface area contributed by atoms with Gasteiger partial charge in [0, 0.05) is 47.3 Å². The number of aliphatic carboxylic acids is 1. The Kier molecular flexibility index (Phi) is 50.5. The summed E-state index contributed by atoms with van der Waals surface area (Å²) in [6.45, 7) is 0. The van der Waals surface area contributed by atoms with E-state index in [0.717, 1.165) is 64.9 Å². The predicted octanol–water partition coefficient (Wildman–Crippen LogP) is 3.16. The molecule has 0 radical (unpaired) electrons. The van der Waals surface area contributed by atoms with Crippen LogP contribution in [0.1, 0.15) is 128 Å². The maximum Gasteiger partial charge on any atom is 1.00 e. The Hall–Kier alpha value is -3.64. The van der Waals surface area contributed by atoms with Crippen LogP contribution in [0, 0.1) is 71.0 Å². The van der Waals surface area contributed by atoms with Crippen LogP contribution < -0.4 is 134 Å². The number of esters is 4. The minimum atomic E-state index is -5.87. The van der Waals surface area contributed by atoms with Crippen molar-refractivity contribution in [1.29, 1.82) is 0 Å². The Balaban J connectivity index is 0.000000284. The molecule has 0 amide bonds. The minimum Gasteiger partial charge on any atom is -0.870 e. The Morgan fingerprint density at radius 2 is 0.579 bits per heavy atom. The van der Waals surface area contributed by atoms with Gasteiger partial charge in [0.05, 0.1) is 34.5 Å². The van der Waals surface area contributed by atoms with Crippen LogP contribution in [-0.4, -0.2) is 137 Å². The van der Waals surface area contributed by atoms with E-state index in [2.05, 4.69) is 224 Å². The fourth-order valence-corrected chi connectivity index (χ4v) is 26.0. The zero-order chi connectivity index (χ0) is 97.4. The van der Waals surface area contributed by atoms with Crippen LogP contribution in [0.5, 0.6) is 0 Å². The van der Waals surface area contributed by atoms with Crippen LogP contribution in [0.15, 0.2) is 211 Å². The Labute approximate surface area is 913 Å². The number of Topliss-reactive ketones (excluding diaryl/α,β-unsaturated/α-hetero) is 4. The Morgan fingerprint density at radius 3 is 0.793 bits per heavy atom. The van der Waals surface area contributed by atoms with Crippen LogP contribution >= 0.6 is 60.6 Å². The number of carboxylic acid groups (broad SMARTS) is 1. The topological polar surface area (TPSA) is 458 Å². The van der Waals surface area contributed by atoms with Gasteiger partial charge in [-0.2, -0.15) is 65.3 Å². The molecule has 16 bridgehead atoms. The van der Waals surface area contributed by atoms with E-state index in [4.69, 9.17) is 29.1 Å². The first-order chi connectivity index (χ1) is 63.3. The molecule has 0 aromatic heterocycles. The Morgan fingerprint density at radius 1 is 0.364 bits per heavy atom. The third-order valence-corrected chi connectivity index (χ3v) is 32.2. The van der Waals surface area contributed by atoms with E-state index in [9.17, 15) is 116 Å². The number of hydrogen-bond acceptors (Lipinski definition) is 32. The maximum atomic E-state index is 13.4. The number of alkyl halides is 10. The van der Waals surface area contributed by atoms with E-state index in [1.807, 2.05) is 0 Å². The van der Waals surface area contributed by atoms with Crippen molar-refractivity contribution in [3.8, 4) is 0 Å². The van der Waals surface area contributed by atoms with E-state index in [1.54, 1.807) is 0 Å². The number of aliphatic hydroxyl groups is 1. The van der Waals surface area contributed by atoms with Crippen molar-refractivity contribution in [2.45, 2.75) is 206 Å². The first-order valence-corrected chi connectivity index (χ1v) is 48.3. The number of halogens is 12. The summed E-state index contributed by atoms with van der Waals surface area (Å²) >= 11 is -3.06. The minimum absolute atomic E-state index is 0. The van der Waals surface area contributed by atoms with Crippen molar-refractivity contribution in [2.24, 2.45) is 71.0 Å². The standard InChI is InChI=1S/2C18H15S.3C12H14F2O6S.C10H14O2.C3H3F3O4S.C2H2F2O5S.ClH.4Na.H2O/c2*1-4-10-16(11-5-1)19(17-12-6-2-7-13-17)18-14-8-3-9-15-18;13-12(14,21(17,18)19)10(16)20-11-3-6-1-7(4-11)9(15)8(2-6)5-11;2*13-12(14,21-20-19-17)10(16)18-11-3-6-1-7(4-11)9(15)8(2-6)5-11;11-9-7-1-6-2-8(9)5-10(12,3-6)4-7;1-8-2(7)3(4,5)11-10-9-6;3-2(4,1(5)6)10-9-8-7;;;;;;/h2*1-15H;6-8H,1-5H2,(H,17,18,19);2*6-8,17H,1-5H2;6-8,12H,1-5H2;1H3;7H,(H,5,6);1H;;;;;1H2/q2*+1;;;;;;;;4*+1;/p-4. The summed E-state index contributed by atoms with van der Waals surface area (Å²) in [4.78, 5) is 110. The number of ether oxygens (including phenoxy) is 4. The van der Waals surface area contributed by atoms with E-state index >= 15 is 0 Å². The molecule has 16 fully saturated rings. The molecule has 0 aliphatic heterocycles. The summed E-state index contributed by atoms with van der Waals surface area (Å²) in [5.74, 6) is -8.81. The zero-order valence-corrected chi connectivity index (χ0v) is 89.7. The number of carbonyl (C=O) groups is 9. The Bertz CT molecular complexity index is 4700. The van der Waals surface area contributed by atoms with Crippen LogP contribution in [0.2, 0.25) is 0 Å². The van der Waals surface area contributed by atoms with E-state index < -0.39 is 137 Å². The number of benzene rings is 6. The first kappa shape index (κ1) is 127. The number of carboxylic acids is 1. The number of hydrogen-bond donors (Lipinski definition) is 3. The van der Waals surface area contributed by atoms with Crippen LogP contribution in [0.3, 0.4) is 0 Å². The molecule has 16 saturated carbocycles. The third-order valence-electron chi connectivity index (χ3n) is 24.9.